The maximum atomic E-state index is 5.91. The van der Waals surface area contributed by atoms with Crippen LogP contribution < -0.4 is 4.74 Å². The third-order valence-electron chi connectivity index (χ3n) is 2.55. The normalized spacial score (nSPS) is 17.5. The molecule has 0 aliphatic carbocycles. The van der Waals surface area contributed by atoms with Crippen molar-refractivity contribution in [3.8, 4) is 5.75 Å². The Bertz CT molecular complexity index is 511. The molecule has 0 N–H and O–H groups in total. The van der Waals surface area contributed by atoms with Gasteiger partial charge in [-0.05, 0) is 22.0 Å². The summed E-state index contributed by atoms with van der Waals surface area (Å²) in [5, 5.41) is 3.69. The van der Waals surface area contributed by atoms with Crippen LogP contribution in [0.2, 0.25) is 0 Å². The number of hydrogen-bond acceptors (Lipinski definition) is 5. The lowest BCUT2D eigenvalue weighted by molar-refractivity contribution is -0.179. The summed E-state index contributed by atoms with van der Waals surface area (Å²) in [5.74, 6) is 1.34. The average Bonchev–Trinajstić information content (AvgIpc) is 2.77. The van der Waals surface area contributed by atoms with Gasteiger partial charge in [0.25, 0.3) is 0 Å². The lowest BCUT2D eigenvalue weighted by Crippen LogP contribution is -2.51. The molecular weight excluding hydrogens is 288 g/mol. The van der Waals surface area contributed by atoms with Crippen molar-refractivity contribution in [3.05, 3.63) is 41.0 Å². The second-order valence-corrected chi connectivity index (χ2v) is 4.72. The van der Waals surface area contributed by atoms with Crippen LogP contribution in [0, 0.1) is 0 Å². The zero-order valence-electron chi connectivity index (χ0n) is 8.80. The monoisotopic (exact) mass is 296 g/mol. The number of hydrogen-bond donors (Lipinski definition) is 0. The Hall–Kier alpha value is -1.40. The highest BCUT2D eigenvalue weighted by atomic mass is 79.9. The lowest BCUT2D eigenvalue weighted by atomic mass is 9.98. The highest BCUT2D eigenvalue weighted by Gasteiger charge is 2.46. The molecule has 0 unspecified atom stereocenters. The van der Waals surface area contributed by atoms with E-state index in [4.69, 9.17) is 14.0 Å². The summed E-state index contributed by atoms with van der Waals surface area (Å²) in [7, 11) is 0. The van der Waals surface area contributed by atoms with Crippen LogP contribution >= 0.6 is 15.9 Å². The van der Waals surface area contributed by atoms with Crippen LogP contribution in [0.15, 0.2) is 39.7 Å². The molecule has 2 aromatic rings. The summed E-state index contributed by atoms with van der Waals surface area (Å²) in [5.41, 5.74) is -0.570. The van der Waals surface area contributed by atoms with Crippen LogP contribution in [0.1, 0.15) is 5.76 Å². The highest BCUT2D eigenvalue weighted by Crippen LogP contribution is 2.35. The summed E-state index contributed by atoms with van der Waals surface area (Å²) in [6, 6.07) is 3.64. The first-order valence-corrected chi connectivity index (χ1v) is 5.86. The van der Waals surface area contributed by atoms with Gasteiger partial charge in [-0.15, -0.1) is 0 Å². The van der Waals surface area contributed by atoms with Gasteiger partial charge in [-0.3, -0.25) is 4.98 Å². The van der Waals surface area contributed by atoms with Gasteiger partial charge < -0.3 is 14.0 Å². The van der Waals surface area contributed by atoms with Crippen molar-refractivity contribution in [1.29, 1.82) is 0 Å². The number of pyridine rings is 1. The van der Waals surface area contributed by atoms with Crippen molar-refractivity contribution >= 4 is 15.9 Å². The van der Waals surface area contributed by atoms with Crippen LogP contribution in [0.25, 0.3) is 0 Å². The fraction of sp³-hybridized carbons (Fsp3) is 0.273. The molecular formula is C11H9BrN2O3. The molecule has 0 saturated carbocycles. The Morgan fingerprint density at radius 1 is 1.35 bits per heavy atom. The molecule has 0 bridgehead atoms. The number of ether oxygens (including phenoxy) is 2. The zero-order valence-corrected chi connectivity index (χ0v) is 10.4. The van der Waals surface area contributed by atoms with E-state index in [-0.39, 0.29) is 0 Å². The molecule has 0 amide bonds. The molecule has 1 aliphatic rings. The molecule has 5 nitrogen and oxygen atoms in total. The van der Waals surface area contributed by atoms with Gasteiger partial charge in [0.1, 0.15) is 5.75 Å². The molecule has 2 aromatic heterocycles. The number of aromatic nitrogens is 2. The molecule has 3 rings (SSSR count). The molecule has 1 saturated heterocycles. The molecule has 1 fully saturated rings. The predicted molar refractivity (Wildman–Crippen MR) is 61.6 cm³/mol. The van der Waals surface area contributed by atoms with Gasteiger partial charge >= 0.3 is 0 Å². The Kier molecular flexibility index (Phi) is 2.60. The maximum Gasteiger partial charge on any atom is 0.215 e. The van der Waals surface area contributed by atoms with Crippen molar-refractivity contribution in [2.45, 2.75) is 5.60 Å². The molecule has 0 aromatic carbocycles. The minimum atomic E-state index is -0.570. The van der Waals surface area contributed by atoms with Crippen LogP contribution in [-0.2, 0) is 10.3 Å². The van der Waals surface area contributed by atoms with E-state index in [9.17, 15) is 0 Å². The van der Waals surface area contributed by atoms with Gasteiger partial charge in [-0.25, -0.2) is 0 Å². The number of rotatable bonds is 3. The van der Waals surface area contributed by atoms with Crippen molar-refractivity contribution in [1.82, 2.24) is 10.1 Å². The molecule has 17 heavy (non-hydrogen) atoms. The van der Waals surface area contributed by atoms with Gasteiger partial charge in [0.05, 0.1) is 25.6 Å². The number of halogens is 1. The molecule has 3 heterocycles. The third kappa shape index (κ3) is 1.94. The average molecular weight is 297 g/mol. The topological polar surface area (TPSA) is 57.4 Å². The van der Waals surface area contributed by atoms with E-state index < -0.39 is 5.60 Å². The van der Waals surface area contributed by atoms with Crippen LogP contribution in [0.3, 0.4) is 0 Å². The highest BCUT2D eigenvalue weighted by molar-refractivity contribution is 9.10. The van der Waals surface area contributed by atoms with Crippen LogP contribution in [0.5, 0.6) is 5.75 Å². The van der Waals surface area contributed by atoms with E-state index >= 15 is 0 Å². The molecule has 0 atom stereocenters. The quantitative estimate of drug-likeness (QED) is 0.868. The van der Waals surface area contributed by atoms with E-state index in [2.05, 4.69) is 26.1 Å². The Balaban J connectivity index is 1.88. The SMILES string of the molecule is Brc1cncc(OC2(c3ccno3)COC2)c1. The zero-order chi connectivity index (χ0) is 11.7. The second-order valence-electron chi connectivity index (χ2n) is 3.80. The van der Waals surface area contributed by atoms with Gasteiger partial charge in [0, 0.05) is 16.7 Å². The van der Waals surface area contributed by atoms with E-state index in [1.165, 1.54) is 0 Å². The Morgan fingerprint density at radius 2 is 2.24 bits per heavy atom. The van der Waals surface area contributed by atoms with Gasteiger partial charge in [-0.1, -0.05) is 5.16 Å². The Morgan fingerprint density at radius 3 is 2.82 bits per heavy atom. The molecule has 0 radical (unpaired) electrons. The van der Waals surface area contributed by atoms with Gasteiger partial charge in [0.2, 0.25) is 5.60 Å². The molecule has 0 spiro atoms. The predicted octanol–water partition coefficient (Wildman–Crippen LogP) is 2.14. The van der Waals surface area contributed by atoms with Gasteiger partial charge in [-0.2, -0.15) is 0 Å². The van der Waals surface area contributed by atoms with Crippen molar-refractivity contribution in [3.63, 3.8) is 0 Å². The van der Waals surface area contributed by atoms with E-state index in [0.29, 0.717) is 24.7 Å². The van der Waals surface area contributed by atoms with E-state index in [1.807, 2.05) is 6.07 Å². The summed E-state index contributed by atoms with van der Waals surface area (Å²) >= 11 is 3.35. The molecule has 6 heteroatoms. The smallest absolute Gasteiger partial charge is 0.215 e. The minimum Gasteiger partial charge on any atom is -0.473 e. The van der Waals surface area contributed by atoms with Gasteiger partial charge in [0.15, 0.2) is 5.76 Å². The van der Waals surface area contributed by atoms with Crippen molar-refractivity contribution in [2.75, 3.05) is 13.2 Å². The summed E-state index contributed by atoms with van der Waals surface area (Å²) in [4.78, 5) is 4.05. The minimum absolute atomic E-state index is 0.453. The summed E-state index contributed by atoms with van der Waals surface area (Å²) < 4.78 is 17.2. The maximum absolute atomic E-state index is 5.91. The molecule has 88 valence electrons. The molecule has 1 aliphatic heterocycles. The standard InChI is InChI=1S/C11H9BrN2O3/c12-8-3-9(5-13-4-8)16-11(6-15-7-11)10-1-2-14-17-10/h1-5H,6-7H2. The first kappa shape index (κ1) is 10.7. The third-order valence-corrected chi connectivity index (χ3v) is 2.98. The van der Waals surface area contributed by atoms with Crippen molar-refractivity contribution < 1.29 is 14.0 Å². The fourth-order valence-electron chi connectivity index (χ4n) is 1.66. The van der Waals surface area contributed by atoms with E-state index in [0.717, 1.165) is 4.47 Å². The largest absolute Gasteiger partial charge is 0.473 e. The first-order valence-electron chi connectivity index (χ1n) is 5.07. The fourth-order valence-corrected chi connectivity index (χ4v) is 2.01. The second kappa shape index (κ2) is 4.12. The Labute approximate surface area is 106 Å². The number of nitrogens with zero attached hydrogens (tertiary/aromatic N) is 2. The summed E-state index contributed by atoms with van der Waals surface area (Å²) in [6.07, 6.45) is 4.95. The van der Waals surface area contributed by atoms with Crippen LogP contribution in [-0.4, -0.2) is 23.4 Å². The van der Waals surface area contributed by atoms with E-state index in [1.54, 1.807) is 24.7 Å². The first-order chi connectivity index (χ1) is 8.28. The van der Waals surface area contributed by atoms with Crippen molar-refractivity contribution in [2.24, 2.45) is 0 Å². The summed E-state index contributed by atoms with van der Waals surface area (Å²) in [6.45, 7) is 0.906. The lowest BCUT2D eigenvalue weighted by Gasteiger charge is -2.38. The van der Waals surface area contributed by atoms with Crippen LogP contribution in [0.4, 0.5) is 0 Å².